The molecule has 0 aliphatic carbocycles. The molecule has 0 amide bonds. The molecule has 1 N–H and O–H groups in total. The standard InChI is InChI=1S/C10H18N2S2/c1-5-9(6-13-4)12-10-11-7(2)8(3)14-10/h9H,5-6H2,1-4H3,(H,11,12). The van der Waals surface area contributed by atoms with Crippen LogP contribution in [0.15, 0.2) is 0 Å². The van der Waals surface area contributed by atoms with Gasteiger partial charge in [0.05, 0.1) is 5.69 Å². The van der Waals surface area contributed by atoms with Gasteiger partial charge in [-0.1, -0.05) is 6.92 Å². The summed E-state index contributed by atoms with van der Waals surface area (Å²) in [6.45, 7) is 6.39. The van der Waals surface area contributed by atoms with Gasteiger partial charge >= 0.3 is 0 Å². The molecule has 0 saturated heterocycles. The van der Waals surface area contributed by atoms with E-state index in [0.717, 1.165) is 23.0 Å². The Morgan fingerprint density at radius 3 is 2.64 bits per heavy atom. The van der Waals surface area contributed by atoms with E-state index in [1.54, 1.807) is 11.3 Å². The van der Waals surface area contributed by atoms with E-state index in [4.69, 9.17) is 0 Å². The molecule has 4 heteroatoms. The first-order valence-electron chi connectivity index (χ1n) is 4.86. The minimum atomic E-state index is 0.551. The van der Waals surface area contributed by atoms with E-state index in [2.05, 4.69) is 37.3 Å². The van der Waals surface area contributed by atoms with Crippen LogP contribution in [-0.4, -0.2) is 23.0 Å². The van der Waals surface area contributed by atoms with Gasteiger partial charge < -0.3 is 5.32 Å². The summed E-state index contributed by atoms with van der Waals surface area (Å²) in [7, 11) is 0. The zero-order valence-electron chi connectivity index (χ0n) is 9.26. The highest BCUT2D eigenvalue weighted by atomic mass is 32.2. The molecule has 0 aliphatic heterocycles. The average Bonchev–Trinajstić information content (AvgIpc) is 2.45. The van der Waals surface area contributed by atoms with Gasteiger partial charge in [-0.25, -0.2) is 4.98 Å². The first kappa shape index (κ1) is 11.9. The monoisotopic (exact) mass is 230 g/mol. The Kier molecular flexibility index (Phi) is 4.75. The van der Waals surface area contributed by atoms with Crippen LogP contribution in [0.4, 0.5) is 5.13 Å². The molecule has 1 atom stereocenters. The smallest absolute Gasteiger partial charge is 0.183 e. The fourth-order valence-electron chi connectivity index (χ4n) is 1.17. The van der Waals surface area contributed by atoms with Gasteiger partial charge in [0, 0.05) is 16.7 Å². The van der Waals surface area contributed by atoms with Crippen LogP contribution in [0.1, 0.15) is 23.9 Å². The Morgan fingerprint density at radius 1 is 1.50 bits per heavy atom. The molecule has 14 heavy (non-hydrogen) atoms. The molecule has 0 aliphatic rings. The summed E-state index contributed by atoms with van der Waals surface area (Å²) in [6, 6.07) is 0.551. The predicted octanol–water partition coefficient (Wildman–Crippen LogP) is 3.31. The minimum Gasteiger partial charge on any atom is -0.358 e. The Bertz CT molecular complexity index is 264. The van der Waals surface area contributed by atoms with Gasteiger partial charge in [-0.2, -0.15) is 11.8 Å². The van der Waals surface area contributed by atoms with Crippen LogP contribution in [0.25, 0.3) is 0 Å². The number of nitrogens with one attached hydrogen (secondary N) is 1. The molecule has 0 aromatic carbocycles. The number of anilines is 1. The minimum absolute atomic E-state index is 0.551. The van der Waals surface area contributed by atoms with Gasteiger partial charge in [0.2, 0.25) is 0 Å². The Morgan fingerprint density at radius 2 is 2.21 bits per heavy atom. The van der Waals surface area contributed by atoms with Gasteiger partial charge in [-0.15, -0.1) is 11.3 Å². The van der Waals surface area contributed by atoms with Crippen molar-refractivity contribution in [2.24, 2.45) is 0 Å². The summed E-state index contributed by atoms with van der Waals surface area (Å²) in [4.78, 5) is 5.79. The Labute approximate surface area is 94.5 Å². The van der Waals surface area contributed by atoms with Crippen LogP contribution in [-0.2, 0) is 0 Å². The quantitative estimate of drug-likeness (QED) is 0.840. The van der Waals surface area contributed by atoms with E-state index >= 15 is 0 Å². The predicted molar refractivity (Wildman–Crippen MR) is 67.7 cm³/mol. The van der Waals surface area contributed by atoms with Gasteiger partial charge in [0.1, 0.15) is 0 Å². The average molecular weight is 230 g/mol. The van der Waals surface area contributed by atoms with E-state index < -0.39 is 0 Å². The highest BCUT2D eigenvalue weighted by Crippen LogP contribution is 2.22. The normalized spacial score (nSPS) is 12.9. The second-order valence-corrected chi connectivity index (χ2v) is 5.48. The van der Waals surface area contributed by atoms with Crippen molar-refractivity contribution in [2.75, 3.05) is 17.3 Å². The fraction of sp³-hybridized carbons (Fsp3) is 0.700. The summed E-state index contributed by atoms with van der Waals surface area (Å²) in [5.41, 5.74) is 1.15. The third kappa shape index (κ3) is 3.17. The second-order valence-electron chi connectivity index (χ2n) is 3.37. The molecular weight excluding hydrogens is 212 g/mol. The molecule has 0 fully saturated rings. The van der Waals surface area contributed by atoms with Gasteiger partial charge in [-0.3, -0.25) is 0 Å². The zero-order chi connectivity index (χ0) is 10.6. The molecule has 1 aromatic rings. The number of thiazole rings is 1. The maximum Gasteiger partial charge on any atom is 0.183 e. The molecule has 0 saturated carbocycles. The molecular formula is C10H18N2S2. The number of aryl methyl sites for hydroxylation is 2. The first-order valence-corrected chi connectivity index (χ1v) is 7.08. The lowest BCUT2D eigenvalue weighted by Crippen LogP contribution is -2.20. The number of hydrogen-bond donors (Lipinski definition) is 1. The van der Waals surface area contributed by atoms with Crippen molar-refractivity contribution in [3.8, 4) is 0 Å². The molecule has 1 heterocycles. The lowest BCUT2D eigenvalue weighted by molar-refractivity contribution is 0.773. The highest BCUT2D eigenvalue weighted by molar-refractivity contribution is 7.98. The third-order valence-corrected chi connectivity index (χ3v) is 3.96. The summed E-state index contributed by atoms with van der Waals surface area (Å²) in [6.07, 6.45) is 3.29. The van der Waals surface area contributed by atoms with E-state index in [0.29, 0.717) is 6.04 Å². The lowest BCUT2D eigenvalue weighted by Gasteiger charge is -2.14. The molecule has 0 spiro atoms. The maximum absolute atomic E-state index is 4.48. The van der Waals surface area contributed by atoms with Crippen LogP contribution < -0.4 is 5.32 Å². The molecule has 1 aromatic heterocycles. The SMILES string of the molecule is CCC(CSC)Nc1nc(C)c(C)s1. The van der Waals surface area contributed by atoms with Crippen molar-refractivity contribution >= 4 is 28.2 Å². The van der Waals surface area contributed by atoms with E-state index in [9.17, 15) is 0 Å². The van der Waals surface area contributed by atoms with E-state index in [1.807, 2.05) is 11.8 Å². The van der Waals surface area contributed by atoms with E-state index in [1.165, 1.54) is 4.88 Å². The molecule has 0 radical (unpaired) electrons. The van der Waals surface area contributed by atoms with E-state index in [-0.39, 0.29) is 0 Å². The van der Waals surface area contributed by atoms with Crippen LogP contribution in [0.5, 0.6) is 0 Å². The van der Waals surface area contributed by atoms with Crippen LogP contribution in [0, 0.1) is 13.8 Å². The number of hydrogen-bond acceptors (Lipinski definition) is 4. The third-order valence-electron chi connectivity index (χ3n) is 2.22. The van der Waals surface area contributed by atoms with Crippen molar-refractivity contribution in [2.45, 2.75) is 33.2 Å². The van der Waals surface area contributed by atoms with Crippen LogP contribution in [0.3, 0.4) is 0 Å². The van der Waals surface area contributed by atoms with Crippen LogP contribution >= 0.6 is 23.1 Å². The Hall–Kier alpha value is -0.220. The highest BCUT2D eigenvalue weighted by Gasteiger charge is 2.08. The molecule has 2 nitrogen and oxygen atoms in total. The van der Waals surface area contributed by atoms with Crippen molar-refractivity contribution < 1.29 is 0 Å². The summed E-state index contributed by atoms with van der Waals surface area (Å²) >= 11 is 3.63. The van der Waals surface area contributed by atoms with Crippen molar-refractivity contribution in [1.82, 2.24) is 4.98 Å². The molecule has 80 valence electrons. The van der Waals surface area contributed by atoms with Crippen molar-refractivity contribution in [3.05, 3.63) is 10.6 Å². The molecule has 1 unspecified atom stereocenters. The Balaban J connectivity index is 2.57. The number of rotatable bonds is 5. The largest absolute Gasteiger partial charge is 0.358 e. The number of aromatic nitrogens is 1. The lowest BCUT2D eigenvalue weighted by atomic mass is 10.3. The number of nitrogens with zero attached hydrogens (tertiary/aromatic N) is 1. The molecule has 0 bridgehead atoms. The number of thioether (sulfide) groups is 1. The zero-order valence-corrected chi connectivity index (χ0v) is 10.9. The van der Waals surface area contributed by atoms with Crippen molar-refractivity contribution in [3.63, 3.8) is 0 Å². The fourth-order valence-corrected chi connectivity index (χ4v) is 2.78. The van der Waals surface area contributed by atoms with Gasteiger partial charge in [0.15, 0.2) is 5.13 Å². The maximum atomic E-state index is 4.48. The van der Waals surface area contributed by atoms with Gasteiger partial charge in [0.25, 0.3) is 0 Å². The van der Waals surface area contributed by atoms with Crippen LogP contribution in [0.2, 0.25) is 0 Å². The first-order chi connectivity index (χ1) is 6.67. The van der Waals surface area contributed by atoms with Gasteiger partial charge in [-0.05, 0) is 26.5 Å². The summed E-state index contributed by atoms with van der Waals surface area (Å²) in [5.74, 6) is 1.15. The summed E-state index contributed by atoms with van der Waals surface area (Å²) < 4.78 is 0. The second kappa shape index (κ2) is 5.61. The summed E-state index contributed by atoms with van der Waals surface area (Å²) in [5, 5.41) is 4.55. The topological polar surface area (TPSA) is 24.9 Å². The van der Waals surface area contributed by atoms with Crippen molar-refractivity contribution in [1.29, 1.82) is 0 Å². The molecule has 1 rings (SSSR count).